The zero-order chi connectivity index (χ0) is 27.2. The number of nitrogens with zero attached hydrogens (tertiary/aromatic N) is 2. The van der Waals surface area contributed by atoms with Crippen molar-refractivity contribution < 1.29 is 23.8 Å². The van der Waals surface area contributed by atoms with Crippen molar-refractivity contribution in [2.24, 2.45) is 0 Å². The normalized spacial score (nSPS) is 12.3. The summed E-state index contributed by atoms with van der Waals surface area (Å²) < 4.78 is 19.0. The largest absolute Gasteiger partial charge is 0.447 e. The molecule has 1 aromatic heterocycles. The molecule has 1 atom stereocenters. The maximum absolute atomic E-state index is 13.6. The van der Waals surface area contributed by atoms with E-state index in [2.05, 4.69) is 15.6 Å². The molecule has 0 aliphatic rings. The first kappa shape index (κ1) is 28.1. The van der Waals surface area contributed by atoms with Gasteiger partial charge in [0.15, 0.2) is 0 Å². The third-order valence-electron chi connectivity index (χ3n) is 5.63. The van der Waals surface area contributed by atoms with E-state index in [-0.39, 0.29) is 37.5 Å². The van der Waals surface area contributed by atoms with Gasteiger partial charge in [0.25, 0.3) is 0 Å². The number of hydrogen-bond acceptors (Lipinski definition) is 5. The fourth-order valence-corrected chi connectivity index (χ4v) is 4.24. The monoisotopic (exact) mass is 530 g/mol. The number of fused-ring (bicyclic) bond motifs is 1. The summed E-state index contributed by atoms with van der Waals surface area (Å²) in [5.74, 6) is -0.205. The molecule has 2 aromatic carbocycles. The van der Waals surface area contributed by atoms with Gasteiger partial charge < -0.3 is 20.1 Å². The number of carbonyl (C=O) groups excluding carboxylic acids is 2. The lowest BCUT2D eigenvalue weighted by atomic mass is 9.97. The van der Waals surface area contributed by atoms with Crippen molar-refractivity contribution in [3.05, 3.63) is 71.1 Å². The first-order valence-corrected chi connectivity index (χ1v) is 12.3. The van der Waals surface area contributed by atoms with Crippen LogP contribution >= 0.6 is 11.6 Å². The van der Waals surface area contributed by atoms with Crippen LogP contribution in [0.15, 0.2) is 54.7 Å². The smallest absolute Gasteiger partial charge is 0.412 e. The fourth-order valence-electron chi connectivity index (χ4n) is 4.03. The highest BCUT2D eigenvalue weighted by Gasteiger charge is 2.32. The Morgan fingerprint density at radius 2 is 1.89 bits per heavy atom. The number of carbonyl (C=O) groups is 2. The lowest BCUT2D eigenvalue weighted by Crippen LogP contribution is -2.53. The maximum atomic E-state index is 13.6. The molecule has 0 radical (unpaired) electrons. The van der Waals surface area contributed by atoms with Crippen LogP contribution in [0.2, 0.25) is 5.02 Å². The number of amides is 3. The van der Waals surface area contributed by atoms with E-state index in [0.717, 1.165) is 10.9 Å². The van der Waals surface area contributed by atoms with E-state index in [1.165, 1.54) is 24.4 Å². The summed E-state index contributed by atoms with van der Waals surface area (Å²) in [6, 6.07) is 11.7. The van der Waals surface area contributed by atoms with Crippen LogP contribution in [0, 0.1) is 5.82 Å². The predicted octanol–water partition coefficient (Wildman–Crippen LogP) is 5.73. The van der Waals surface area contributed by atoms with Crippen molar-refractivity contribution in [1.82, 2.24) is 15.2 Å². The average molecular weight is 531 g/mol. The number of pyridine rings is 1. The molecule has 0 spiro atoms. The first-order valence-electron chi connectivity index (χ1n) is 11.9. The minimum Gasteiger partial charge on any atom is -0.447 e. The van der Waals surface area contributed by atoms with Crippen LogP contribution in [0.1, 0.15) is 39.7 Å². The Balaban J connectivity index is 1.69. The number of hydrogen-bond donors (Lipinski definition) is 3. The third-order valence-corrected chi connectivity index (χ3v) is 6.00. The number of ether oxygens (including phenoxy) is 1. The second kappa shape index (κ2) is 12.2. The second-order valence-electron chi connectivity index (χ2n) is 9.71. The van der Waals surface area contributed by atoms with Gasteiger partial charge in [0.1, 0.15) is 18.2 Å². The van der Waals surface area contributed by atoms with Crippen LogP contribution in [-0.2, 0) is 11.3 Å². The number of anilines is 1. The van der Waals surface area contributed by atoms with Gasteiger partial charge in [0.05, 0.1) is 11.6 Å². The topological polar surface area (TPSA) is 104 Å². The van der Waals surface area contributed by atoms with Crippen LogP contribution in [0.25, 0.3) is 10.8 Å². The standard InChI is InChI=1S/C27H32ClFN4O4/c1-17(2)33(25(34)31-15-19-7-5-6-8-23(19)28)22(13-27(3,4)36)16-37-26(35)32-24-12-20-11-21(29)10-9-18(20)14-30-24/h5-12,14,17,22,36H,13,15-16H2,1-4H3,(H,31,34)(H,30,32,35)/t22-/m0/s1. The summed E-state index contributed by atoms with van der Waals surface area (Å²) in [4.78, 5) is 31.4. The summed E-state index contributed by atoms with van der Waals surface area (Å²) in [5, 5.41) is 17.7. The van der Waals surface area contributed by atoms with Crippen molar-refractivity contribution in [2.45, 2.75) is 58.3 Å². The van der Waals surface area contributed by atoms with Crippen molar-refractivity contribution in [2.75, 3.05) is 11.9 Å². The van der Waals surface area contributed by atoms with Crippen molar-refractivity contribution in [3.63, 3.8) is 0 Å². The zero-order valence-corrected chi connectivity index (χ0v) is 22.1. The number of halogens is 2. The summed E-state index contributed by atoms with van der Waals surface area (Å²) in [6.45, 7) is 6.97. The first-order chi connectivity index (χ1) is 17.4. The minimum atomic E-state index is -1.13. The molecule has 198 valence electrons. The molecule has 8 nitrogen and oxygen atoms in total. The van der Waals surface area contributed by atoms with Gasteiger partial charge in [0.2, 0.25) is 0 Å². The van der Waals surface area contributed by atoms with Crippen molar-refractivity contribution >= 4 is 40.3 Å². The molecule has 0 aliphatic carbocycles. The molecule has 0 fully saturated rings. The highest BCUT2D eigenvalue weighted by atomic mass is 35.5. The lowest BCUT2D eigenvalue weighted by Gasteiger charge is -2.37. The molecule has 0 aliphatic heterocycles. The molecular formula is C27H32ClFN4O4. The van der Waals surface area contributed by atoms with Crippen LogP contribution < -0.4 is 10.6 Å². The van der Waals surface area contributed by atoms with Gasteiger partial charge in [0, 0.05) is 29.2 Å². The summed E-state index contributed by atoms with van der Waals surface area (Å²) in [7, 11) is 0. The number of urea groups is 1. The maximum Gasteiger partial charge on any atom is 0.412 e. The van der Waals surface area contributed by atoms with E-state index in [4.69, 9.17) is 16.3 Å². The van der Waals surface area contributed by atoms with Crippen LogP contribution in [0.3, 0.4) is 0 Å². The lowest BCUT2D eigenvalue weighted by molar-refractivity contribution is 0.0163. The summed E-state index contributed by atoms with van der Waals surface area (Å²) in [5.41, 5.74) is -0.372. The van der Waals surface area contributed by atoms with Gasteiger partial charge in [-0.2, -0.15) is 0 Å². The Morgan fingerprint density at radius 3 is 2.57 bits per heavy atom. The van der Waals surface area contributed by atoms with Gasteiger partial charge in [-0.3, -0.25) is 5.32 Å². The molecule has 0 unspecified atom stereocenters. The van der Waals surface area contributed by atoms with Gasteiger partial charge in [-0.05, 0) is 75.4 Å². The average Bonchev–Trinajstić information content (AvgIpc) is 2.80. The molecule has 0 saturated carbocycles. The van der Waals surface area contributed by atoms with Crippen LogP contribution in [0.4, 0.5) is 19.8 Å². The number of benzene rings is 2. The molecule has 3 N–H and O–H groups in total. The molecule has 3 rings (SSSR count). The van der Waals surface area contributed by atoms with E-state index in [9.17, 15) is 19.1 Å². The van der Waals surface area contributed by atoms with Gasteiger partial charge in [-0.1, -0.05) is 29.8 Å². The Bertz CT molecular complexity index is 1250. The molecule has 10 heteroatoms. The van der Waals surface area contributed by atoms with Gasteiger partial charge >= 0.3 is 12.1 Å². The van der Waals surface area contributed by atoms with E-state index in [0.29, 0.717) is 10.4 Å². The molecule has 37 heavy (non-hydrogen) atoms. The van der Waals surface area contributed by atoms with Crippen molar-refractivity contribution in [3.8, 4) is 0 Å². The highest BCUT2D eigenvalue weighted by Crippen LogP contribution is 2.21. The highest BCUT2D eigenvalue weighted by molar-refractivity contribution is 6.31. The molecule has 0 saturated heterocycles. The fraction of sp³-hybridized carbons (Fsp3) is 0.370. The van der Waals surface area contributed by atoms with E-state index >= 15 is 0 Å². The van der Waals surface area contributed by atoms with Crippen molar-refractivity contribution in [1.29, 1.82) is 0 Å². The van der Waals surface area contributed by atoms with E-state index < -0.39 is 23.6 Å². The molecule has 0 bridgehead atoms. The van der Waals surface area contributed by atoms with Gasteiger partial charge in [-0.15, -0.1) is 0 Å². The zero-order valence-electron chi connectivity index (χ0n) is 21.3. The molecule has 3 aromatic rings. The quantitative estimate of drug-likeness (QED) is 0.328. The summed E-state index contributed by atoms with van der Waals surface area (Å²) in [6.07, 6.45) is 0.890. The van der Waals surface area contributed by atoms with Crippen LogP contribution in [-0.4, -0.2) is 51.4 Å². The SMILES string of the molecule is CC(C)N(C(=O)NCc1ccccc1Cl)[C@H](COC(=O)Nc1cc2cc(F)ccc2cn1)CC(C)(C)O. The minimum absolute atomic E-state index is 0.158. The number of nitrogens with one attached hydrogen (secondary N) is 2. The Morgan fingerprint density at radius 1 is 1.16 bits per heavy atom. The Kier molecular flexibility index (Phi) is 9.29. The van der Waals surface area contributed by atoms with E-state index in [1.54, 1.807) is 30.9 Å². The molecule has 1 heterocycles. The molecule has 3 amide bonds. The van der Waals surface area contributed by atoms with E-state index in [1.807, 2.05) is 32.0 Å². The number of aromatic nitrogens is 1. The van der Waals surface area contributed by atoms with Gasteiger partial charge in [-0.25, -0.2) is 19.0 Å². The third kappa shape index (κ3) is 8.30. The second-order valence-corrected chi connectivity index (χ2v) is 10.1. The Labute approximate surface area is 220 Å². The Hall–Kier alpha value is -3.43. The van der Waals surface area contributed by atoms with Crippen LogP contribution in [0.5, 0.6) is 0 Å². The summed E-state index contributed by atoms with van der Waals surface area (Å²) >= 11 is 6.20. The number of rotatable bonds is 9. The molecular weight excluding hydrogens is 499 g/mol. The predicted molar refractivity (Wildman–Crippen MR) is 142 cm³/mol. The number of aliphatic hydroxyl groups is 1.